The zero-order chi connectivity index (χ0) is 14.8. The van der Waals surface area contributed by atoms with Crippen LogP contribution in [0.4, 0.5) is 0 Å². The second kappa shape index (κ2) is 5.72. The molecule has 3 nitrogen and oxygen atoms in total. The number of carbonyl (C=O) groups excluding carboxylic acids is 1. The highest BCUT2D eigenvalue weighted by Crippen LogP contribution is 2.23. The lowest BCUT2D eigenvalue weighted by Crippen LogP contribution is -2.05. The summed E-state index contributed by atoms with van der Waals surface area (Å²) >= 11 is 12.0. The molecule has 2 aromatic carbocycles. The molecule has 0 spiro atoms. The number of hydrogen-bond donors (Lipinski definition) is 0. The molecule has 0 unspecified atom stereocenters. The van der Waals surface area contributed by atoms with Crippen LogP contribution in [-0.2, 0) is 0 Å². The van der Waals surface area contributed by atoms with Crippen LogP contribution < -0.4 is 0 Å². The van der Waals surface area contributed by atoms with Crippen molar-refractivity contribution in [1.29, 1.82) is 0 Å². The average Bonchev–Trinajstić information content (AvgIpc) is 3.00. The van der Waals surface area contributed by atoms with E-state index in [-0.39, 0.29) is 5.78 Å². The van der Waals surface area contributed by atoms with Crippen LogP contribution in [0.5, 0.6) is 0 Å². The second-order valence-corrected chi connectivity index (χ2v) is 5.28. The Morgan fingerprint density at radius 3 is 2.52 bits per heavy atom. The number of ketones is 1. The number of carbonyl (C=O) groups is 1. The van der Waals surface area contributed by atoms with Crippen molar-refractivity contribution in [2.24, 2.45) is 0 Å². The van der Waals surface area contributed by atoms with Gasteiger partial charge in [0.1, 0.15) is 5.69 Å². The van der Waals surface area contributed by atoms with Crippen LogP contribution in [0.3, 0.4) is 0 Å². The summed E-state index contributed by atoms with van der Waals surface area (Å²) in [7, 11) is 0. The third-order valence-electron chi connectivity index (χ3n) is 3.02. The van der Waals surface area contributed by atoms with E-state index in [9.17, 15) is 4.79 Å². The van der Waals surface area contributed by atoms with Crippen molar-refractivity contribution < 1.29 is 4.79 Å². The van der Waals surface area contributed by atoms with Crippen molar-refractivity contribution in [3.8, 4) is 5.69 Å². The molecule has 0 bridgehead atoms. The number of nitrogens with zero attached hydrogens (tertiary/aromatic N) is 2. The van der Waals surface area contributed by atoms with E-state index in [0.29, 0.717) is 21.3 Å². The molecule has 0 saturated heterocycles. The Morgan fingerprint density at radius 1 is 1.00 bits per heavy atom. The van der Waals surface area contributed by atoms with Gasteiger partial charge in [0, 0.05) is 16.8 Å². The van der Waals surface area contributed by atoms with Crippen LogP contribution in [0.2, 0.25) is 10.0 Å². The maximum Gasteiger partial charge on any atom is 0.214 e. The van der Waals surface area contributed by atoms with Crippen molar-refractivity contribution in [2.45, 2.75) is 0 Å². The summed E-state index contributed by atoms with van der Waals surface area (Å²) < 4.78 is 1.64. The zero-order valence-electron chi connectivity index (χ0n) is 10.8. The van der Waals surface area contributed by atoms with Crippen molar-refractivity contribution in [2.75, 3.05) is 0 Å². The zero-order valence-corrected chi connectivity index (χ0v) is 12.3. The van der Waals surface area contributed by atoms with E-state index >= 15 is 0 Å². The fourth-order valence-electron chi connectivity index (χ4n) is 1.98. The Labute approximate surface area is 131 Å². The highest BCUT2D eigenvalue weighted by molar-refractivity contribution is 6.36. The van der Waals surface area contributed by atoms with E-state index in [4.69, 9.17) is 23.2 Å². The smallest absolute Gasteiger partial charge is 0.214 e. The maximum atomic E-state index is 12.4. The first kappa shape index (κ1) is 13.9. The normalized spacial score (nSPS) is 10.6. The molecule has 5 heteroatoms. The van der Waals surface area contributed by atoms with E-state index in [1.54, 1.807) is 35.1 Å². The monoisotopic (exact) mass is 316 g/mol. The molecule has 3 rings (SSSR count). The summed E-state index contributed by atoms with van der Waals surface area (Å²) in [5.41, 5.74) is 1.55. The Balaban J connectivity index is 1.96. The molecular formula is C16H10Cl2N2O. The molecule has 0 amide bonds. The molecular weight excluding hydrogens is 307 g/mol. The van der Waals surface area contributed by atoms with Crippen molar-refractivity contribution in [3.05, 3.63) is 82.1 Å². The molecule has 104 valence electrons. The third kappa shape index (κ3) is 2.84. The summed E-state index contributed by atoms with van der Waals surface area (Å²) in [6, 6.07) is 16.0. The van der Waals surface area contributed by atoms with E-state index in [0.717, 1.165) is 5.69 Å². The lowest BCUT2D eigenvalue weighted by Gasteiger charge is -2.02. The van der Waals surface area contributed by atoms with Gasteiger partial charge in [-0.1, -0.05) is 41.4 Å². The summed E-state index contributed by atoms with van der Waals surface area (Å²) in [4.78, 5) is 12.4. The van der Waals surface area contributed by atoms with Gasteiger partial charge in [-0.15, -0.1) is 0 Å². The van der Waals surface area contributed by atoms with E-state index in [2.05, 4.69) is 5.10 Å². The topological polar surface area (TPSA) is 34.9 Å². The highest BCUT2D eigenvalue weighted by atomic mass is 35.5. The lowest BCUT2D eigenvalue weighted by atomic mass is 10.1. The Hall–Kier alpha value is -2.10. The minimum Gasteiger partial charge on any atom is -0.287 e. The number of rotatable bonds is 3. The fourth-order valence-corrected chi connectivity index (χ4v) is 2.35. The number of halogens is 2. The predicted octanol–water partition coefficient (Wildman–Crippen LogP) is 4.41. The van der Waals surface area contributed by atoms with Gasteiger partial charge in [-0.25, -0.2) is 4.68 Å². The van der Waals surface area contributed by atoms with Gasteiger partial charge in [-0.2, -0.15) is 5.10 Å². The van der Waals surface area contributed by atoms with Crippen LogP contribution in [-0.4, -0.2) is 15.6 Å². The third-order valence-corrected chi connectivity index (χ3v) is 3.58. The predicted molar refractivity (Wildman–Crippen MR) is 83.5 cm³/mol. The molecule has 0 aliphatic heterocycles. The molecule has 0 fully saturated rings. The van der Waals surface area contributed by atoms with Crippen LogP contribution in [0.15, 0.2) is 60.8 Å². The van der Waals surface area contributed by atoms with Gasteiger partial charge in [0.05, 0.1) is 10.7 Å². The number of para-hydroxylation sites is 1. The number of aromatic nitrogens is 2. The molecule has 0 radical (unpaired) electrons. The molecule has 0 aliphatic carbocycles. The molecule has 21 heavy (non-hydrogen) atoms. The Morgan fingerprint density at radius 2 is 1.76 bits per heavy atom. The highest BCUT2D eigenvalue weighted by Gasteiger charge is 2.16. The Bertz CT molecular complexity index is 797. The average molecular weight is 317 g/mol. The van der Waals surface area contributed by atoms with Crippen molar-refractivity contribution in [3.63, 3.8) is 0 Å². The largest absolute Gasteiger partial charge is 0.287 e. The molecule has 0 aliphatic rings. The van der Waals surface area contributed by atoms with Gasteiger partial charge in [0.15, 0.2) is 0 Å². The minimum atomic E-state index is -0.253. The van der Waals surface area contributed by atoms with Crippen LogP contribution >= 0.6 is 23.2 Å². The van der Waals surface area contributed by atoms with Crippen LogP contribution in [0.1, 0.15) is 16.1 Å². The summed E-state index contributed by atoms with van der Waals surface area (Å²) in [6.07, 6.45) is 1.74. The van der Waals surface area contributed by atoms with E-state index < -0.39 is 0 Å². The van der Waals surface area contributed by atoms with Crippen molar-refractivity contribution in [1.82, 2.24) is 9.78 Å². The SMILES string of the molecule is O=C(c1ccn(-c2ccccc2)n1)c1cc(Cl)ccc1Cl. The van der Waals surface area contributed by atoms with Gasteiger partial charge >= 0.3 is 0 Å². The maximum absolute atomic E-state index is 12.4. The summed E-state index contributed by atoms with van der Waals surface area (Å²) in [5.74, 6) is -0.253. The summed E-state index contributed by atoms with van der Waals surface area (Å²) in [5, 5.41) is 5.12. The van der Waals surface area contributed by atoms with E-state index in [1.807, 2.05) is 30.3 Å². The fraction of sp³-hybridized carbons (Fsp3) is 0. The van der Waals surface area contributed by atoms with E-state index in [1.165, 1.54) is 0 Å². The molecule has 0 N–H and O–H groups in total. The standard InChI is InChI=1S/C16H10Cl2N2O/c17-11-6-7-14(18)13(10-11)16(21)15-8-9-20(19-15)12-4-2-1-3-5-12/h1-10H. The van der Waals surface area contributed by atoms with Gasteiger partial charge in [0.25, 0.3) is 0 Å². The van der Waals surface area contributed by atoms with Gasteiger partial charge in [-0.3, -0.25) is 4.79 Å². The van der Waals surface area contributed by atoms with Gasteiger partial charge < -0.3 is 0 Å². The van der Waals surface area contributed by atoms with Crippen LogP contribution in [0, 0.1) is 0 Å². The second-order valence-electron chi connectivity index (χ2n) is 4.43. The van der Waals surface area contributed by atoms with Gasteiger partial charge in [-0.05, 0) is 36.4 Å². The summed E-state index contributed by atoms with van der Waals surface area (Å²) in [6.45, 7) is 0. The number of benzene rings is 2. The number of hydrogen-bond acceptors (Lipinski definition) is 2. The Kier molecular flexibility index (Phi) is 3.78. The first-order valence-corrected chi connectivity index (χ1v) is 7.01. The molecule has 1 heterocycles. The molecule has 0 atom stereocenters. The first-order valence-electron chi connectivity index (χ1n) is 6.26. The minimum absolute atomic E-state index is 0.253. The molecule has 3 aromatic rings. The first-order chi connectivity index (χ1) is 10.1. The lowest BCUT2D eigenvalue weighted by molar-refractivity contribution is 0.103. The quantitative estimate of drug-likeness (QED) is 0.671. The van der Waals surface area contributed by atoms with Gasteiger partial charge in [0.2, 0.25) is 5.78 Å². The van der Waals surface area contributed by atoms with Crippen LogP contribution in [0.25, 0.3) is 5.69 Å². The molecule has 0 saturated carbocycles. The van der Waals surface area contributed by atoms with Crippen molar-refractivity contribution >= 4 is 29.0 Å². The molecule has 1 aromatic heterocycles.